The number of sulfonamides is 1. The van der Waals surface area contributed by atoms with Crippen molar-refractivity contribution >= 4 is 27.5 Å². The summed E-state index contributed by atoms with van der Waals surface area (Å²) in [6.07, 6.45) is 4.82. The zero-order valence-corrected chi connectivity index (χ0v) is 19.2. The molecule has 2 aliphatic carbocycles. The van der Waals surface area contributed by atoms with Crippen LogP contribution in [-0.2, 0) is 26.0 Å². The molecule has 2 aliphatic rings. The summed E-state index contributed by atoms with van der Waals surface area (Å²) < 4.78 is 28.3. The van der Waals surface area contributed by atoms with E-state index in [0.717, 1.165) is 32.1 Å². The maximum atomic E-state index is 13.5. The molecule has 0 heterocycles. The van der Waals surface area contributed by atoms with Crippen LogP contribution in [0.4, 0.5) is 5.69 Å². The van der Waals surface area contributed by atoms with Crippen LogP contribution in [0.5, 0.6) is 0 Å². The average molecular weight is 456 g/mol. The average Bonchev–Trinajstić information content (AvgIpc) is 3.59. The first-order valence-corrected chi connectivity index (χ1v) is 12.5. The normalized spacial score (nSPS) is 19.0. The SMILES string of the molecule is CC(=O)Nc1ccc(S(=O)(=O)N[C@@H](C)C(=O)N(C2CC2)C2CCCc3ccccc32)cc1. The zero-order valence-electron chi connectivity index (χ0n) is 18.4. The number of nitrogens with zero attached hydrogens (tertiary/aromatic N) is 1. The topological polar surface area (TPSA) is 95.6 Å². The molecule has 7 nitrogen and oxygen atoms in total. The van der Waals surface area contributed by atoms with Gasteiger partial charge in [0.1, 0.15) is 0 Å². The van der Waals surface area contributed by atoms with Crippen LogP contribution in [0.2, 0.25) is 0 Å². The summed E-state index contributed by atoms with van der Waals surface area (Å²) in [5.41, 5.74) is 2.97. The number of benzene rings is 2. The number of aryl methyl sites for hydroxylation is 1. The van der Waals surface area contributed by atoms with Crippen LogP contribution in [0.25, 0.3) is 0 Å². The fraction of sp³-hybridized carbons (Fsp3) is 0.417. The molecule has 0 bridgehead atoms. The van der Waals surface area contributed by atoms with Gasteiger partial charge in [-0.25, -0.2) is 8.42 Å². The molecule has 2 N–H and O–H groups in total. The third kappa shape index (κ3) is 4.86. The monoisotopic (exact) mass is 455 g/mol. The maximum Gasteiger partial charge on any atom is 0.241 e. The summed E-state index contributed by atoms with van der Waals surface area (Å²) in [4.78, 5) is 26.6. The highest BCUT2D eigenvalue weighted by Gasteiger charge is 2.41. The molecule has 2 atom stereocenters. The van der Waals surface area contributed by atoms with E-state index in [1.807, 2.05) is 17.0 Å². The Kier molecular flexibility index (Phi) is 6.35. The molecule has 2 amide bonds. The lowest BCUT2D eigenvalue weighted by Crippen LogP contribution is -2.49. The molecule has 0 spiro atoms. The Morgan fingerprint density at radius 3 is 2.38 bits per heavy atom. The number of anilines is 1. The second-order valence-corrected chi connectivity index (χ2v) is 10.3. The van der Waals surface area contributed by atoms with Gasteiger partial charge >= 0.3 is 0 Å². The van der Waals surface area contributed by atoms with E-state index in [1.54, 1.807) is 6.92 Å². The Bertz CT molecular complexity index is 1110. The van der Waals surface area contributed by atoms with Crippen LogP contribution in [0, 0.1) is 0 Å². The molecule has 2 aromatic rings. The molecule has 8 heteroatoms. The highest BCUT2D eigenvalue weighted by Crippen LogP contribution is 2.41. The summed E-state index contributed by atoms with van der Waals surface area (Å²) in [6, 6.07) is 13.4. The van der Waals surface area contributed by atoms with Gasteiger partial charge in [-0.2, -0.15) is 4.72 Å². The predicted molar refractivity (Wildman–Crippen MR) is 123 cm³/mol. The number of carbonyl (C=O) groups is 2. The first-order valence-electron chi connectivity index (χ1n) is 11.1. The van der Waals surface area contributed by atoms with Gasteiger partial charge in [0.25, 0.3) is 0 Å². The Balaban J connectivity index is 1.51. The minimum absolute atomic E-state index is 0.0103. The minimum atomic E-state index is -3.89. The molecule has 0 radical (unpaired) electrons. The number of amides is 2. The van der Waals surface area contributed by atoms with E-state index in [1.165, 1.54) is 42.3 Å². The molecule has 170 valence electrons. The first kappa shape index (κ1) is 22.5. The number of rotatable bonds is 7. The summed E-state index contributed by atoms with van der Waals surface area (Å²) in [7, 11) is -3.89. The molecule has 4 rings (SSSR count). The minimum Gasteiger partial charge on any atom is -0.331 e. The smallest absolute Gasteiger partial charge is 0.241 e. The highest BCUT2D eigenvalue weighted by atomic mass is 32.2. The molecule has 1 saturated carbocycles. The van der Waals surface area contributed by atoms with Gasteiger partial charge in [-0.15, -0.1) is 0 Å². The number of hydrogen-bond acceptors (Lipinski definition) is 4. The standard InChI is InChI=1S/C24H29N3O4S/c1-16(26-32(30,31)21-14-10-19(11-15-21)25-17(2)28)24(29)27(20-12-13-20)23-9-5-7-18-6-3-4-8-22(18)23/h3-4,6,8,10-11,14-16,20,23,26H,5,7,9,12-13H2,1-2H3,(H,25,28)/t16-,23?/m0/s1. The van der Waals surface area contributed by atoms with Crippen molar-refractivity contribution in [1.82, 2.24) is 9.62 Å². The molecule has 0 saturated heterocycles. The van der Waals surface area contributed by atoms with Crippen LogP contribution in [0.3, 0.4) is 0 Å². The Labute approximate surface area is 189 Å². The third-order valence-electron chi connectivity index (χ3n) is 6.06. The van der Waals surface area contributed by atoms with Crippen LogP contribution < -0.4 is 10.0 Å². The molecule has 0 aromatic heterocycles. The van der Waals surface area contributed by atoms with E-state index in [9.17, 15) is 18.0 Å². The molecule has 0 aliphatic heterocycles. The summed E-state index contributed by atoms with van der Waals surface area (Å²) in [5.74, 6) is -0.421. The van der Waals surface area contributed by atoms with E-state index >= 15 is 0 Å². The quantitative estimate of drug-likeness (QED) is 0.669. The predicted octanol–water partition coefficient (Wildman–Crippen LogP) is 3.38. The Morgan fingerprint density at radius 1 is 1.03 bits per heavy atom. The number of nitrogens with one attached hydrogen (secondary N) is 2. The summed E-state index contributed by atoms with van der Waals surface area (Å²) in [6.45, 7) is 2.99. The van der Waals surface area contributed by atoms with Crippen molar-refractivity contribution in [2.45, 2.75) is 69.0 Å². The third-order valence-corrected chi connectivity index (χ3v) is 7.61. The van der Waals surface area contributed by atoms with Crippen LogP contribution in [0.15, 0.2) is 53.4 Å². The molecule has 2 aromatic carbocycles. The molecular formula is C24H29N3O4S. The fourth-order valence-electron chi connectivity index (χ4n) is 4.45. The lowest BCUT2D eigenvalue weighted by Gasteiger charge is -2.37. The molecular weight excluding hydrogens is 426 g/mol. The van der Waals surface area contributed by atoms with E-state index in [2.05, 4.69) is 22.2 Å². The van der Waals surface area contributed by atoms with Crippen molar-refractivity contribution in [3.63, 3.8) is 0 Å². The van der Waals surface area contributed by atoms with Crippen molar-refractivity contribution in [1.29, 1.82) is 0 Å². The van der Waals surface area contributed by atoms with Gasteiger partial charge in [-0.3, -0.25) is 9.59 Å². The fourth-order valence-corrected chi connectivity index (χ4v) is 5.65. The van der Waals surface area contributed by atoms with Gasteiger partial charge in [0.2, 0.25) is 21.8 Å². The number of carbonyl (C=O) groups excluding carboxylic acids is 2. The van der Waals surface area contributed by atoms with Crippen LogP contribution in [-0.4, -0.2) is 37.2 Å². The second kappa shape index (κ2) is 9.03. The molecule has 1 unspecified atom stereocenters. The van der Waals surface area contributed by atoms with Crippen molar-refractivity contribution in [3.8, 4) is 0 Å². The van der Waals surface area contributed by atoms with Gasteiger partial charge in [0, 0.05) is 18.7 Å². The van der Waals surface area contributed by atoms with Crippen molar-refractivity contribution in [2.24, 2.45) is 0 Å². The maximum absolute atomic E-state index is 13.5. The summed E-state index contributed by atoms with van der Waals surface area (Å²) in [5, 5.41) is 2.61. The molecule has 1 fully saturated rings. The lowest BCUT2D eigenvalue weighted by molar-refractivity contribution is -0.136. The number of fused-ring (bicyclic) bond motifs is 1. The van der Waals surface area contributed by atoms with Gasteiger partial charge in [-0.05, 0) is 74.4 Å². The lowest BCUT2D eigenvalue weighted by atomic mass is 9.86. The largest absolute Gasteiger partial charge is 0.331 e. The van der Waals surface area contributed by atoms with Gasteiger partial charge in [0.05, 0.1) is 17.0 Å². The van der Waals surface area contributed by atoms with Crippen molar-refractivity contribution < 1.29 is 18.0 Å². The summed E-state index contributed by atoms with van der Waals surface area (Å²) >= 11 is 0. The van der Waals surface area contributed by atoms with Gasteiger partial charge in [-0.1, -0.05) is 24.3 Å². The van der Waals surface area contributed by atoms with E-state index < -0.39 is 16.1 Å². The Hall–Kier alpha value is -2.71. The van der Waals surface area contributed by atoms with E-state index in [0.29, 0.717) is 5.69 Å². The molecule has 32 heavy (non-hydrogen) atoms. The second-order valence-electron chi connectivity index (χ2n) is 8.63. The van der Waals surface area contributed by atoms with Crippen molar-refractivity contribution in [3.05, 3.63) is 59.7 Å². The highest BCUT2D eigenvalue weighted by molar-refractivity contribution is 7.89. The van der Waals surface area contributed by atoms with Gasteiger partial charge < -0.3 is 10.2 Å². The zero-order chi connectivity index (χ0) is 22.9. The van der Waals surface area contributed by atoms with E-state index in [4.69, 9.17) is 0 Å². The number of hydrogen-bond donors (Lipinski definition) is 2. The van der Waals surface area contributed by atoms with Crippen LogP contribution >= 0.6 is 0 Å². The first-order chi connectivity index (χ1) is 15.3. The Morgan fingerprint density at radius 2 is 1.72 bits per heavy atom. The van der Waals surface area contributed by atoms with Crippen molar-refractivity contribution in [2.75, 3.05) is 5.32 Å². The van der Waals surface area contributed by atoms with Crippen LogP contribution in [0.1, 0.15) is 56.7 Å². The van der Waals surface area contributed by atoms with E-state index in [-0.39, 0.29) is 28.8 Å². The van der Waals surface area contributed by atoms with Gasteiger partial charge in [0.15, 0.2) is 0 Å².